The summed E-state index contributed by atoms with van der Waals surface area (Å²) in [6.45, 7) is 1.73. The van der Waals surface area contributed by atoms with Gasteiger partial charge in [-0.1, -0.05) is 30.3 Å². The molecule has 0 amide bonds. The number of aliphatic hydroxyl groups excluding tert-OH is 1. The first kappa shape index (κ1) is 15.9. The van der Waals surface area contributed by atoms with E-state index < -0.39 is 6.10 Å². The summed E-state index contributed by atoms with van der Waals surface area (Å²) in [5.74, 6) is 1.21. The van der Waals surface area contributed by atoms with Crippen molar-refractivity contribution in [1.29, 1.82) is 0 Å². The van der Waals surface area contributed by atoms with Crippen molar-refractivity contribution in [3.05, 3.63) is 53.1 Å². The Balaban J connectivity index is 1.54. The summed E-state index contributed by atoms with van der Waals surface area (Å²) >= 11 is 0. The van der Waals surface area contributed by atoms with Crippen molar-refractivity contribution in [2.24, 2.45) is 7.05 Å². The van der Waals surface area contributed by atoms with Crippen molar-refractivity contribution < 1.29 is 5.11 Å². The van der Waals surface area contributed by atoms with E-state index in [4.69, 9.17) is 4.98 Å². The SMILES string of the molecule is Cn1c([C@@H]2CCCN2C[C@H](O)c2ccccc2)nc2c1CCCC2. The van der Waals surface area contributed by atoms with Crippen LogP contribution in [0.15, 0.2) is 30.3 Å². The van der Waals surface area contributed by atoms with Gasteiger partial charge >= 0.3 is 0 Å². The summed E-state index contributed by atoms with van der Waals surface area (Å²) < 4.78 is 2.34. The van der Waals surface area contributed by atoms with Gasteiger partial charge in [-0.3, -0.25) is 4.90 Å². The number of rotatable bonds is 4. The second-order valence-corrected chi connectivity index (χ2v) is 7.21. The summed E-state index contributed by atoms with van der Waals surface area (Å²) in [4.78, 5) is 7.42. The van der Waals surface area contributed by atoms with Crippen LogP contribution in [0, 0.1) is 0 Å². The first-order valence-electron chi connectivity index (χ1n) is 9.25. The Kier molecular flexibility index (Phi) is 4.42. The molecule has 1 aliphatic carbocycles. The van der Waals surface area contributed by atoms with Crippen molar-refractivity contribution in [2.45, 2.75) is 50.7 Å². The van der Waals surface area contributed by atoms with Crippen LogP contribution in [0.4, 0.5) is 0 Å². The average Bonchev–Trinajstić information content (AvgIpc) is 3.20. The molecule has 2 aliphatic rings. The van der Waals surface area contributed by atoms with Crippen molar-refractivity contribution in [2.75, 3.05) is 13.1 Å². The first-order chi connectivity index (χ1) is 11.7. The molecular formula is C20H27N3O. The molecule has 4 nitrogen and oxygen atoms in total. The Hall–Kier alpha value is -1.65. The minimum Gasteiger partial charge on any atom is -0.387 e. The maximum Gasteiger partial charge on any atom is 0.126 e. The number of benzene rings is 1. The third kappa shape index (κ3) is 2.89. The molecule has 4 heteroatoms. The van der Waals surface area contributed by atoms with Crippen molar-refractivity contribution >= 4 is 0 Å². The molecule has 128 valence electrons. The Labute approximate surface area is 144 Å². The Morgan fingerprint density at radius 1 is 1.17 bits per heavy atom. The molecule has 24 heavy (non-hydrogen) atoms. The van der Waals surface area contributed by atoms with Crippen LogP contribution in [0.25, 0.3) is 0 Å². The van der Waals surface area contributed by atoms with Gasteiger partial charge in [-0.15, -0.1) is 0 Å². The van der Waals surface area contributed by atoms with Crippen LogP contribution in [-0.2, 0) is 19.9 Å². The number of imidazole rings is 1. The Morgan fingerprint density at radius 3 is 2.75 bits per heavy atom. The van der Waals surface area contributed by atoms with Crippen LogP contribution < -0.4 is 0 Å². The van der Waals surface area contributed by atoms with Gasteiger partial charge in [0, 0.05) is 19.3 Å². The van der Waals surface area contributed by atoms with Gasteiger partial charge in [0.05, 0.1) is 17.8 Å². The fourth-order valence-corrected chi connectivity index (χ4v) is 4.34. The van der Waals surface area contributed by atoms with Crippen LogP contribution in [0.2, 0.25) is 0 Å². The summed E-state index contributed by atoms with van der Waals surface area (Å²) in [5, 5.41) is 10.6. The molecule has 2 atom stereocenters. The van der Waals surface area contributed by atoms with Crippen molar-refractivity contribution in [3.8, 4) is 0 Å². The quantitative estimate of drug-likeness (QED) is 0.939. The lowest BCUT2D eigenvalue weighted by molar-refractivity contribution is 0.103. The molecular weight excluding hydrogens is 298 g/mol. The largest absolute Gasteiger partial charge is 0.387 e. The maximum atomic E-state index is 10.6. The second kappa shape index (κ2) is 6.69. The predicted molar refractivity (Wildman–Crippen MR) is 94.8 cm³/mol. The van der Waals surface area contributed by atoms with E-state index in [0.29, 0.717) is 12.6 Å². The van der Waals surface area contributed by atoms with Crippen molar-refractivity contribution in [1.82, 2.24) is 14.5 Å². The molecule has 2 aromatic rings. The van der Waals surface area contributed by atoms with Crippen LogP contribution >= 0.6 is 0 Å². The maximum absolute atomic E-state index is 10.6. The molecule has 1 fully saturated rings. The first-order valence-corrected chi connectivity index (χ1v) is 9.25. The van der Waals surface area contributed by atoms with E-state index in [0.717, 1.165) is 31.4 Å². The van der Waals surface area contributed by atoms with E-state index >= 15 is 0 Å². The summed E-state index contributed by atoms with van der Waals surface area (Å²) in [6.07, 6.45) is 6.74. The third-order valence-electron chi connectivity index (χ3n) is 5.66. The fraction of sp³-hybridized carbons (Fsp3) is 0.550. The molecule has 1 aromatic carbocycles. The van der Waals surface area contributed by atoms with E-state index in [-0.39, 0.29) is 0 Å². The van der Waals surface area contributed by atoms with Gasteiger partial charge in [0.15, 0.2) is 0 Å². The molecule has 1 N–H and O–H groups in total. The highest BCUT2D eigenvalue weighted by atomic mass is 16.3. The van der Waals surface area contributed by atoms with Gasteiger partial charge in [0.1, 0.15) is 5.82 Å². The minimum atomic E-state index is -0.429. The van der Waals surface area contributed by atoms with Gasteiger partial charge in [-0.2, -0.15) is 0 Å². The number of hydrogen-bond acceptors (Lipinski definition) is 3. The highest BCUT2D eigenvalue weighted by molar-refractivity contribution is 5.22. The zero-order chi connectivity index (χ0) is 16.5. The molecule has 1 aromatic heterocycles. The lowest BCUT2D eigenvalue weighted by Gasteiger charge is -2.26. The smallest absolute Gasteiger partial charge is 0.126 e. The number of aryl methyl sites for hydroxylation is 1. The van der Waals surface area contributed by atoms with E-state index in [1.165, 1.54) is 36.5 Å². The van der Waals surface area contributed by atoms with E-state index in [1.807, 2.05) is 30.3 Å². The van der Waals surface area contributed by atoms with Crippen LogP contribution in [0.5, 0.6) is 0 Å². The number of aromatic nitrogens is 2. The van der Waals surface area contributed by atoms with Crippen molar-refractivity contribution in [3.63, 3.8) is 0 Å². The summed E-state index contributed by atoms with van der Waals surface area (Å²) in [6, 6.07) is 10.3. The number of fused-ring (bicyclic) bond motifs is 1. The monoisotopic (exact) mass is 325 g/mol. The van der Waals surface area contributed by atoms with Crippen LogP contribution in [0.3, 0.4) is 0 Å². The van der Waals surface area contributed by atoms with E-state index in [2.05, 4.69) is 16.5 Å². The van der Waals surface area contributed by atoms with Gasteiger partial charge in [0.25, 0.3) is 0 Å². The summed E-state index contributed by atoms with van der Waals surface area (Å²) in [7, 11) is 2.18. The number of β-amino-alcohol motifs (C(OH)–C–C–N with tert-alkyl or cyclic N) is 1. The average molecular weight is 325 g/mol. The van der Waals surface area contributed by atoms with Gasteiger partial charge in [0.2, 0.25) is 0 Å². The Bertz CT molecular complexity index is 694. The molecule has 4 rings (SSSR count). The number of nitrogens with zero attached hydrogens (tertiary/aromatic N) is 3. The highest BCUT2D eigenvalue weighted by Crippen LogP contribution is 2.35. The molecule has 0 saturated carbocycles. The second-order valence-electron chi connectivity index (χ2n) is 7.21. The molecule has 0 radical (unpaired) electrons. The van der Waals surface area contributed by atoms with E-state index in [9.17, 15) is 5.11 Å². The fourth-order valence-electron chi connectivity index (χ4n) is 4.34. The molecule has 1 saturated heterocycles. The molecule has 0 bridgehead atoms. The van der Waals surface area contributed by atoms with Crippen LogP contribution in [-0.4, -0.2) is 32.6 Å². The Morgan fingerprint density at radius 2 is 1.96 bits per heavy atom. The predicted octanol–water partition coefficient (Wildman–Crippen LogP) is 3.17. The number of aliphatic hydroxyl groups is 1. The number of likely N-dealkylation sites (tertiary alicyclic amines) is 1. The summed E-state index contributed by atoms with van der Waals surface area (Å²) in [5.41, 5.74) is 3.75. The zero-order valence-corrected chi connectivity index (χ0v) is 14.5. The van der Waals surface area contributed by atoms with Gasteiger partial charge in [-0.25, -0.2) is 4.98 Å². The minimum absolute atomic E-state index is 0.346. The molecule has 1 aliphatic heterocycles. The zero-order valence-electron chi connectivity index (χ0n) is 14.5. The van der Waals surface area contributed by atoms with Crippen LogP contribution in [0.1, 0.15) is 60.6 Å². The lowest BCUT2D eigenvalue weighted by Crippen LogP contribution is -2.30. The molecule has 0 spiro atoms. The molecule has 0 unspecified atom stereocenters. The standard InChI is InChI=1S/C20H27N3O/c1-22-17-11-6-5-10-16(17)21-20(22)18-12-7-13-23(18)14-19(24)15-8-3-2-4-9-15/h2-4,8-9,18-19,24H,5-7,10-14H2,1H3/t18-,19-/m0/s1. The number of hydrogen-bond donors (Lipinski definition) is 1. The van der Waals surface area contributed by atoms with Gasteiger partial charge in [-0.05, 0) is 50.6 Å². The third-order valence-corrected chi connectivity index (χ3v) is 5.66. The van der Waals surface area contributed by atoms with E-state index in [1.54, 1.807) is 0 Å². The topological polar surface area (TPSA) is 41.3 Å². The highest BCUT2D eigenvalue weighted by Gasteiger charge is 2.32. The lowest BCUT2D eigenvalue weighted by atomic mass is 10.0. The normalized spacial score (nSPS) is 22.5. The van der Waals surface area contributed by atoms with Gasteiger partial charge < -0.3 is 9.67 Å². The molecule has 2 heterocycles.